The minimum absolute atomic E-state index is 0. The fourth-order valence-corrected chi connectivity index (χ4v) is 0.590. The Hall–Kier alpha value is -0.580. The molecule has 0 fully saturated rings. The Bertz CT molecular complexity index is 168. The van der Waals surface area contributed by atoms with Crippen LogP contribution < -0.4 is 0 Å². The van der Waals surface area contributed by atoms with E-state index in [1.54, 1.807) is 12.1 Å². The Kier molecular flexibility index (Phi) is 16.0. The molecule has 1 aromatic rings. The van der Waals surface area contributed by atoms with Crippen molar-refractivity contribution >= 4 is 12.6 Å². The molecule has 0 saturated carbocycles. The quantitative estimate of drug-likeness (QED) is 0.633. The summed E-state index contributed by atoms with van der Waals surface area (Å²) in [6.45, 7) is 4.25. The van der Waals surface area contributed by atoms with E-state index < -0.39 is 0 Å². The van der Waals surface area contributed by atoms with Gasteiger partial charge in [-0.2, -0.15) is 0 Å². The summed E-state index contributed by atoms with van der Waals surface area (Å²) >= 11 is 3.97. The zero-order chi connectivity index (χ0) is 8.69. The van der Waals surface area contributed by atoms with Crippen molar-refractivity contribution in [3.8, 4) is 0 Å². The van der Waals surface area contributed by atoms with Gasteiger partial charge in [0.25, 0.3) is 0 Å². The Balaban J connectivity index is -0.000000180. The summed E-state index contributed by atoms with van der Waals surface area (Å²) in [6.07, 6.45) is 1.25. The van der Waals surface area contributed by atoms with Crippen molar-refractivity contribution in [2.75, 3.05) is 0 Å². The second-order valence-corrected chi connectivity index (χ2v) is 2.70. The van der Waals surface area contributed by atoms with Gasteiger partial charge in [0.1, 0.15) is 5.82 Å². The summed E-state index contributed by atoms with van der Waals surface area (Å²) in [5.74, 6) is -0.220. The van der Waals surface area contributed by atoms with Gasteiger partial charge < -0.3 is 11.0 Å². The topological polar surface area (TPSA) is 63.0 Å². The van der Waals surface area contributed by atoms with Gasteiger partial charge in [0, 0.05) is 4.90 Å². The van der Waals surface area contributed by atoms with E-state index in [2.05, 4.69) is 26.5 Å². The van der Waals surface area contributed by atoms with Crippen LogP contribution in [-0.2, 0) is 0 Å². The molecule has 78 valence electrons. The predicted molar refractivity (Wildman–Crippen MR) is 56.8 cm³/mol. The molecule has 4 N–H and O–H groups in total. The highest BCUT2D eigenvalue weighted by molar-refractivity contribution is 7.80. The average molecular weight is 208 g/mol. The molecule has 2 nitrogen and oxygen atoms in total. The molecule has 0 aliphatic heterocycles. The van der Waals surface area contributed by atoms with Gasteiger partial charge in [0.05, 0.1) is 0 Å². The first-order valence-electron chi connectivity index (χ1n) is 3.65. The smallest absolute Gasteiger partial charge is 0.123 e. The van der Waals surface area contributed by atoms with Gasteiger partial charge in [-0.3, -0.25) is 0 Å². The zero-order valence-corrected chi connectivity index (χ0v) is 8.74. The predicted octanol–water partition coefficient (Wildman–Crippen LogP) is 1.88. The maximum atomic E-state index is 12.1. The molecule has 0 aromatic heterocycles. The second kappa shape index (κ2) is 11.4. The van der Waals surface area contributed by atoms with Crippen LogP contribution >= 0.6 is 12.6 Å². The molecule has 0 aliphatic rings. The molecular formula is C9H17FO2S. The van der Waals surface area contributed by atoms with Crippen LogP contribution in [0.1, 0.15) is 20.3 Å². The molecule has 4 heteroatoms. The fourth-order valence-electron chi connectivity index (χ4n) is 0.441. The molecule has 0 aliphatic carbocycles. The molecular weight excluding hydrogens is 191 g/mol. The lowest BCUT2D eigenvalue weighted by molar-refractivity contribution is 0.626. The van der Waals surface area contributed by atoms with Crippen molar-refractivity contribution < 1.29 is 15.3 Å². The van der Waals surface area contributed by atoms with Gasteiger partial charge in [-0.1, -0.05) is 20.3 Å². The molecule has 0 amide bonds. The molecule has 13 heavy (non-hydrogen) atoms. The lowest BCUT2D eigenvalue weighted by Crippen LogP contribution is -1.68. The monoisotopic (exact) mass is 208 g/mol. The summed E-state index contributed by atoms with van der Waals surface area (Å²) in [5, 5.41) is 0. The van der Waals surface area contributed by atoms with Crippen molar-refractivity contribution in [3.05, 3.63) is 30.1 Å². The zero-order valence-electron chi connectivity index (χ0n) is 7.84. The lowest BCUT2D eigenvalue weighted by atomic mass is 10.4. The van der Waals surface area contributed by atoms with Gasteiger partial charge in [0.2, 0.25) is 0 Å². The molecule has 0 heterocycles. The van der Waals surface area contributed by atoms with Crippen molar-refractivity contribution in [1.82, 2.24) is 0 Å². The minimum Gasteiger partial charge on any atom is -0.412 e. The van der Waals surface area contributed by atoms with E-state index in [9.17, 15) is 4.39 Å². The third kappa shape index (κ3) is 11.4. The van der Waals surface area contributed by atoms with E-state index in [0.717, 1.165) is 4.90 Å². The fraction of sp³-hybridized carbons (Fsp3) is 0.333. The van der Waals surface area contributed by atoms with Crippen LogP contribution in [0.25, 0.3) is 0 Å². The summed E-state index contributed by atoms with van der Waals surface area (Å²) < 4.78 is 12.1. The highest BCUT2D eigenvalue weighted by Crippen LogP contribution is 2.04. The Labute approximate surface area is 83.8 Å². The van der Waals surface area contributed by atoms with Crippen LogP contribution in [0.5, 0.6) is 0 Å². The third-order valence-electron chi connectivity index (χ3n) is 0.827. The summed E-state index contributed by atoms with van der Waals surface area (Å²) in [5.41, 5.74) is 0. The van der Waals surface area contributed by atoms with Gasteiger partial charge in [-0.15, -0.1) is 12.6 Å². The number of rotatable bonds is 0. The van der Waals surface area contributed by atoms with E-state index in [0.29, 0.717) is 0 Å². The first-order chi connectivity index (χ1) is 5.20. The van der Waals surface area contributed by atoms with Crippen molar-refractivity contribution in [2.24, 2.45) is 0 Å². The molecule has 0 bridgehead atoms. The molecule has 0 radical (unpaired) electrons. The van der Waals surface area contributed by atoms with Crippen molar-refractivity contribution in [2.45, 2.75) is 25.2 Å². The summed E-state index contributed by atoms with van der Waals surface area (Å²) in [6, 6.07) is 5.97. The molecule has 0 unspecified atom stereocenters. The van der Waals surface area contributed by atoms with Crippen molar-refractivity contribution in [1.29, 1.82) is 0 Å². The number of halogens is 1. The number of benzene rings is 1. The number of hydrogen-bond acceptors (Lipinski definition) is 1. The van der Waals surface area contributed by atoms with Crippen LogP contribution in [0.4, 0.5) is 4.39 Å². The molecule has 0 spiro atoms. The summed E-state index contributed by atoms with van der Waals surface area (Å²) in [4.78, 5) is 0.784. The Morgan fingerprint density at radius 3 is 1.62 bits per heavy atom. The van der Waals surface area contributed by atoms with E-state index >= 15 is 0 Å². The van der Waals surface area contributed by atoms with E-state index in [-0.39, 0.29) is 16.8 Å². The lowest BCUT2D eigenvalue weighted by Gasteiger charge is -1.86. The largest absolute Gasteiger partial charge is 0.412 e. The van der Waals surface area contributed by atoms with Gasteiger partial charge >= 0.3 is 0 Å². The van der Waals surface area contributed by atoms with Gasteiger partial charge in [-0.25, -0.2) is 4.39 Å². The third-order valence-corrected chi connectivity index (χ3v) is 1.12. The van der Waals surface area contributed by atoms with E-state index in [1.807, 2.05) is 0 Å². The molecule has 0 saturated heterocycles. The van der Waals surface area contributed by atoms with E-state index in [1.165, 1.54) is 18.6 Å². The second-order valence-electron chi connectivity index (χ2n) is 2.18. The molecule has 1 aromatic carbocycles. The number of hydrogen-bond donors (Lipinski definition) is 1. The Morgan fingerprint density at radius 1 is 1.08 bits per heavy atom. The van der Waals surface area contributed by atoms with Crippen LogP contribution in [0.2, 0.25) is 0 Å². The van der Waals surface area contributed by atoms with Gasteiger partial charge in [0.15, 0.2) is 0 Å². The SMILES string of the molecule is CCC.Fc1ccc(S)cc1.O.O. The highest BCUT2D eigenvalue weighted by Gasteiger charge is 1.84. The standard InChI is InChI=1S/C6H5FS.C3H8.2H2O/c7-5-1-3-6(8)4-2-5;1-3-2;;/h1-4,8H;3H2,1-2H3;2*1H2. The number of thiol groups is 1. The summed E-state index contributed by atoms with van der Waals surface area (Å²) in [7, 11) is 0. The van der Waals surface area contributed by atoms with Crippen LogP contribution in [-0.4, -0.2) is 11.0 Å². The van der Waals surface area contributed by atoms with E-state index in [4.69, 9.17) is 0 Å². The maximum absolute atomic E-state index is 12.1. The first kappa shape index (κ1) is 18.3. The molecule has 0 atom stereocenters. The van der Waals surface area contributed by atoms with Crippen LogP contribution in [0, 0.1) is 5.82 Å². The first-order valence-corrected chi connectivity index (χ1v) is 4.10. The van der Waals surface area contributed by atoms with Gasteiger partial charge in [-0.05, 0) is 24.3 Å². The highest BCUT2D eigenvalue weighted by atomic mass is 32.1. The average Bonchev–Trinajstić information content (AvgIpc) is 1.97. The maximum Gasteiger partial charge on any atom is 0.123 e. The van der Waals surface area contributed by atoms with Crippen LogP contribution in [0.15, 0.2) is 29.2 Å². The van der Waals surface area contributed by atoms with Crippen LogP contribution in [0.3, 0.4) is 0 Å². The minimum atomic E-state index is -0.220. The Morgan fingerprint density at radius 2 is 1.38 bits per heavy atom. The van der Waals surface area contributed by atoms with Crippen molar-refractivity contribution in [3.63, 3.8) is 0 Å². The normalized spacial score (nSPS) is 7.08. The molecule has 1 rings (SSSR count).